The summed E-state index contributed by atoms with van der Waals surface area (Å²) >= 11 is 12.1. The van der Waals surface area contributed by atoms with Crippen LogP contribution in [0.5, 0.6) is 0 Å². The lowest BCUT2D eigenvalue weighted by atomic mass is 10.1. The van der Waals surface area contributed by atoms with Crippen molar-refractivity contribution in [2.45, 2.75) is 46.3 Å². The monoisotopic (exact) mass is 513 g/mol. The summed E-state index contributed by atoms with van der Waals surface area (Å²) in [5, 5.41) is 3.75. The van der Waals surface area contributed by atoms with Gasteiger partial charge < -0.3 is 10.2 Å². The zero-order valence-corrected chi connectivity index (χ0v) is 21.6. The molecule has 2 aromatic carbocycles. The maximum absolute atomic E-state index is 13.5. The second-order valence-corrected chi connectivity index (χ2v) is 11.0. The third-order valence-electron chi connectivity index (χ3n) is 4.95. The van der Waals surface area contributed by atoms with E-state index < -0.39 is 28.5 Å². The predicted octanol–water partition coefficient (Wildman–Crippen LogP) is 4.01. The van der Waals surface area contributed by atoms with Crippen LogP contribution in [0.3, 0.4) is 0 Å². The quantitative estimate of drug-likeness (QED) is 0.548. The normalized spacial score (nSPS) is 12.4. The van der Waals surface area contributed by atoms with Crippen molar-refractivity contribution in [3.63, 3.8) is 0 Å². The van der Waals surface area contributed by atoms with Crippen LogP contribution in [-0.2, 0) is 26.2 Å². The van der Waals surface area contributed by atoms with Gasteiger partial charge in [-0.2, -0.15) is 0 Å². The Hall–Kier alpha value is -2.29. The topological polar surface area (TPSA) is 86.8 Å². The summed E-state index contributed by atoms with van der Waals surface area (Å²) in [5.41, 5.74) is 1.67. The molecule has 0 radical (unpaired) electrons. The number of rotatable bonds is 9. The molecule has 0 bridgehead atoms. The summed E-state index contributed by atoms with van der Waals surface area (Å²) < 4.78 is 26.2. The molecule has 2 rings (SSSR count). The molecule has 0 unspecified atom stereocenters. The number of sulfonamides is 1. The van der Waals surface area contributed by atoms with Crippen molar-refractivity contribution < 1.29 is 18.0 Å². The van der Waals surface area contributed by atoms with Crippen LogP contribution < -0.4 is 9.62 Å². The number of halogens is 2. The second-order valence-electron chi connectivity index (χ2n) is 8.19. The summed E-state index contributed by atoms with van der Waals surface area (Å²) in [4.78, 5) is 27.5. The van der Waals surface area contributed by atoms with Crippen molar-refractivity contribution >= 4 is 50.7 Å². The highest BCUT2D eigenvalue weighted by Crippen LogP contribution is 2.26. The van der Waals surface area contributed by atoms with Gasteiger partial charge in [-0.3, -0.25) is 13.9 Å². The first-order valence-electron chi connectivity index (χ1n) is 10.4. The molecular formula is C23H29Cl2N3O4S. The lowest BCUT2D eigenvalue weighted by Crippen LogP contribution is -2.52. The van der Waals surface area contributed by atoms with Gasteiger partial charge in [0.25, 0.3) is 0 Å². The predicted molar refractivity (Wildman–Crippen MR) is 133 cm³/mol. The highest BCUT2D eigenvalue weighted by molar-refractivity contribution is 7.92. The molecule has 10 heteroatoms. The molecule has 7 nitrogen and oxygen atoms in total. The number of hydrogen-bond acceptors (Lipinski definition) is 4. The van der Waals surface area contributed by atoms with Gasteiger partial charge in [-0.25, -0.2) is 8.42 Å². The van der Waals surface area contributed by atoms with Gasteiger partial charge in [0.15, 0.2) is 0 Å². The first-order chi connectivity index (χ1) is 15.3. The van der Waals surface area contributed by atoms with E-state index in [0.717, 1.165) is 10.6 Å². The van der Waals surface area contributed by atoms with Gasteiger partial charge in [-0.1, -0.05) is 35.3 Å². The van der Waals surface area contributed by atoms with Crippen molar-refractivity contribution in [3.8, 4) is 0 Å². The zero-order chi connectivity index (χ0) is 24.9. The van der Waals surface area contributed by atoms with E-state index in [4.69, 9.17) is 23.2 Å². The Balaban J connectivity index is 2.42. The standard InChI is InChI=1S/C23H29Cl2N3O4S/c1-15(2)26-23(30)17(4)27(13-18-7-6-8-19(24)12-18)22(29)14-28(33(5,31)32)21-10-9-20(25)11-16(21)3/h6-12,15,17H,13-14H2,1-5H3,(H,26,30)/t17-/m0/s1. The van der Waals surface area contributed by atoms with Gasteiger partial charge in [-0.15, -0.1) is 0 Å². The van der Waals surface area contributed by atoms with Crippen molar-refractivity contribution in [2.24, 2.45) is 0 Å². The Morgan fingerprint density at radius 2 is 1.67 bits per heavy atom. The first kappa shape index (κ1) is 27.0. The van der Waals surface area contributed by atoms with Crippen LogP contribution >= 0.6 is 23.2 Å². The number of benzene rings is 2. The minimum Gasteiger partial charge on any atom is -0.352 e. The average molecular weight is 514 g/mol. The molecule has 33 heavy (non-hydrogen) atoms. The number of amides is 2. The molecular weight excluding hydrogens is 485 g/mol. The number of anilines is 1. The summed E-state index contributed by atoms with van der Waals surface area (Å²) in [5.74, 6) is -0.866. The van der Waals surface area contributed by atoms with Crippen LogP contribution in [-0.4, -0.2) is 50.0 Å². The summed E-state index contributed by atoms with van der Waals surface area (Å²) in [7, 11) is -3.81. The largest absolute Gasteiger partial charge is 0.352 e. The van der Waals surface area contributed by atoms with E-state index in [-0.39, 0.29) is 18.5 Å². The molecule has 1 N–H and O–H groups in total. The van der Waals surface area contributed by atoms with Crippen molar-refractivity contribution in [1.29, 1.82) is 0 Å². The van der Waals surface area contributed by atoms with Crippen LogP contribution in [0.4, 0.5) is 5.69 Å². The highest BCUT2D eigenvalue weighted by Gasteiger charge is 2.30. The van der Waals surface area contributed by atoms with Crippen LogP contribution in [0.1, 0.15) is 31.9 Å². The Kier molecular flexibility index (Phi) is 9.17. The van der Waals surface area contributed by atoms with Gasteiger partial charge in [0, 0.05) is 22.6 Å². The highest BCUT2D eigenvalue weighted by atomic mass is 35.5. The van der Waals surface area contributed by atoms with Crippen molar-refractivity contribution in [2.75, 3.05) is 17.1 Å². The first-order valence-corrected chi connectivity index (χ1v) is 13.0. The molecule has 1 atom stereocenters. The van der Waals surface area contributed by atoms with E-state index in [9.17, 15) is 18.0 Å². The fourth-order valence-electron chi connectivity index (χ4n) is 3.31. The third kappa shape index (κ3) is 7.62. The van der Waals surface area contributed by atoms with Gasteiger partial charge in [0.2, 0.25) is 21.8 Å². The molecule has 0 saturated carbocycles. The van der Waals surface area contributed by atoms with Crippen LogP contribution in [0, 0.1) is 6.92 Å². The molecule has 0 spiro atoms. The van der Waals surface area contributed by atoms with Crippen LogP contribution in [0.2, 0.25) is 10.0 Å². The van der Waals surface area contributed by atoms with Crippen molar-refractivity contribution in [1.82, 2.24) is 10.2 Å². The Morgan fingerprint density at radius 1 is 1.03 bits per heavy atom. The van der Waals surface area contributed by atoms with E-state index >= 15 is 0 Å². The van der Waals surface area contributed by atoms with E-state index in [1.54, 1.807) is 56.3 Å². The van der Waals surface area contributed by atoms with E-state index in [1.807, 2.05) is 13.8 Å². The number of aryl methyl sites for hydroxylation is 1. The minimum atomic E-state index is -3.81. The molecule has 0 aliphatic heterocycles. The maximum atomic E-state index is 13.5. The van der Waals surface area contributed by atoms with Gasteiger partial charge in [0.1, 0.15) is 12.6 Å². The Bertz CT molecular complexity index is 1120. The zero-order valence-electron chi connectivity index (χ0n) is 19.3. The summed E-state index contributed by atoms with van der Waals surface area (Å²) in [6, 6.07) is 10.7. The maximum Gasteiger partial charge on any atom is 0.244 e. The molecule has 0 heterocycles. The molecule has 180 valence electrons. The van der Waals surface area contributed by atoms with Crippen LogP contribution in [0.15, 0.2) is 42.5 Å². The number of carbonyl (C=O) groups excluding carboxylic acids is 2. The SMILES string of the molecule is Cc1cc(Cl)ccc1N(CC(=O)N(Cc1cccc(Cl)c1)[C@@H](C)C(=O)NC(C)C)S(C)(=O)=O. The number of nitrogens with one attached hydrogen (secondary N) is 1. The summed E-state index contributed by atoms with van der Waals surface area (Å²) in [6.07, 6.45) is 1.03. The molecule has 0 aliphatic carbocycles. The summed E-state index contributed by atoms with van der Waals surface area (Å²) in [6.45, 7) is 6.58. The molecule has 2 amide bonds. The minimum absolute atomic E-state index is 0.0866. The second kappa shape index (κ2) is 11.2. The number of hydrogen-bond donors (Lipinski definition) is 1. The van der Waals surface area contributed by atoms with Crippen molar-refractivity contribution in [3.05, 3.63) is 63.6 Å². The van der Waals surface area contributed by atoms with Gasteiger partial charge in [-0.05, 0) is 69.2 Å². The Morgan fingerprint density at radius 3 is 2.21 bits per heavy atom. The third-order valence-corrected chi connectivity index (χ3v) is 6.54. The smallest absolute Gasteiger partial charge is 0.244 e. The lowest BCUT2D eigenvalue weighted by molar-refractivity contribution is -0.139. The van der Waals surface area contributed by atoms with E-state index in [0.29, 0.717) is 26.9 Å². The fourth-order valence-corrected chi connectivity index (χ4v) is 4.66. The van der Waals surface area contributed by atoms with E-state index in [1.165, 1.54) is 4.90 Å². The number of nitrogens with zero attached hydrogens (tertiary/aromatic N) is 2. The molecule has 0 aliphatic rings. The molecule has 0 fully saturated rings. The van der Waals surface area contributed by atoms with Gasteiger partial charge >= 0.3 is 0 Å². The molecule has 0 aromatic heterocycles. The average Bonchev–Trinajstić information content (AvgIpc) is 2.69. The molecule has 0 saturated heterocycles. The fraction of sp³-hybridized carbons (Fsp3) is 0.391. The number of carbonyl (C=O) groups is 2. The van der Waals surface area contributed by atoms with Gasteiger partial charge in [0.05, 0.1) is 11.9 Å². The molecule has 2 aromatic rings. The van der Waals surface area contributed by atoms with E-state index in [2.05, 4.69) is 5.32 Å². The Labute approximate surface area is 205 Å². The van der Waals surface area contributed by atoms with Crippen LogP contribution in [0.25, 0.3) is 0 Å². The lowest BCUT2D eigenvalue weighted by Gasteiger charge is -2.32.